The molecule has 1 aliphatic heterocycles. The number of rotatable bonds is 1. The van der Waals surface area contributed by atoms with Gasteiger partial charge in [-0.2, -0.15) is 0 Å². The Bertz CT molecular complexity index is 354. The second-order valence-corrected chi connectivity index (χ2v) is 4.19. The monoisotopic (exact) mass is 231 g/mol. The Morgan fingerprint density at radius 3 is 3.00 bits per heavy atom. The molecule has 0 saturated carbocycles. The van der Waals surface area contributed by atoms with Crippen LogP contribution in [-0.4, -0.2) is 13.7 Å². The van der Waals surface area contributed by atoms with Crippen LogP contribution >= 0.6 is 23.2 Å². The van der Waals surface area contributed by atoms with Gasteiger partial charge in [0.05, 0.1) is 17.5 Å². The van der Waals surface area contributed by atoms with Crippen LogP contribution < -0.4 is 10.1 Å². The van der Waals surface area contributed by atoms with Crippen LogP contribution in [0.1, 0.15) is 17.4 Å². The lowest BCUT2D eigenvalue weighted by atomic mass is 10.0. The number of hydrogen-bond acceptors (Lipinski definition) is 2. The van der Waals surface area contributed by atoms with Gasteiger partial charge in [0.15, 0.2) is 0 Å². The minimum absolute atomic E-state index is 0.0506. The lowest BCUT2D eigenvalue weighted by molar-refractivity contribution is 0.415. The topological polar surface area (TPSA) is 21.3 Å². The van der Waals surface area contributed by atoms with Gasteiger partial charge in [-0.15, -0.1) is 11.6 Å². The number of ether oxygens (including phenoxy) is 1. The average molecular weight is 232 g/mol. The smallest absolute Gasteiger partial charge is 0.139 e. The predicted molar refractivity (Wildman–Crippen MR) is 59.7 cm³/mol. The van der Waals surface area contributed by atoms with Crippen LogP contribution in [0.5, 0.6) is 5.75 Å². The van der Waals surface area contributed by atoms with E-state index >= 15 is 0 Å². The molecule has 0 amide bonds. The first-order chi connectivity index (χ1) is 6.72. The van der Waals surface area contributed by atoms with Crippen molar-refractivity contribution in [3.05, 3.63) is 22.7 Å². The van der Waals surface area contributed by atoms with E-state index in [2.05, 4.69) is 5.32 Å². The maximum Gasteiger partial charge on any atom is 0.139 e. The third-order valence-corrected chi connectivity index (χ3v) is 3.12. The zero-order chi connectivity index (χ0) is 10.1. The highest BCUT2D eigenvalue weighted by Crippen LogP contribution is 2.40. The number of nitrogens with one attached hydrogen (secondary N) is 1. The number of anilines is 1. The van der Waals surface area contributed by atoms with Gasteiger partial charge >= 0.3 is 0 Å². The third-order valence-electron chi connectivity index (χ3n) is 2.37. The molecular formula is C10H11Cl2NO. The molecule has 2 rings (SSSR count). The first kappa shape index (κ1) is 9.94. The van der Waals surface area contributed by atoms with Gasteiger partial charge < -0.3 is 10.1 Å². The highest BCUT2D eigenvalue weighted by atomic mass is 35.5. The van der Waals surface area contributed by atoms with Crippen LogP contribution in [0.3, 0.4) is 0 Å². The number of benzene rings is 1. The zero-order valence-corrected chi connectivity index (χ0v) is 9.32. The van der Waals surface area contributed by atoms with Crippen molar-refractivity contribution < 1.29 is 4.74 Å². The Labute approximate surface area is 93.2 Å². The van der Waals surface area contributed by atoms with E-state index in [9.17, 15) is 0 Å². The molecule has 4 heteroatoms. The molecule has 1 atom stereocenters. The van der Waals surface area contributed by atoms with Crippen molar-refractivity contribution in [2.24, 2.45) is 0 Å². The molecule has 1 aliphatic rings. The van der Waals surface area contributed by atoms with E-state index in [1.54, 1.807) is 7.11 Å². The molecule has 0 aromatic heterocycles. The van der Waals surface area contributed by atoms with Gasteiger partial charge in [0.2, 0.25) is 0 Å². The molecule has 0 radical (unpaired) electrons. The van der Waals surface area contributed by atoms with Gasteiger partial charge in [-0.1, -0.05) is 11.6 Å². The summed E-state index contributed by atoms with van der Waals surface area (Å²) in [5.41, 5.74) is 2.08. The van der Waals surface area contributed by atoms with Crippen molar-refractivity contribution in [1.82, 2.24) is 0 Å². The molecule has 0 saturated heterocycles. The Hall–Kier alpha value is -0.600. The number of alkyl halides is 1. The van der Waals surface area contributed by atoms with Gasteiger partial charge in [-0.3, -0.25) is 0 Å². The van der Waals surface area contributed by atoms with Crippen molar-refractivity contribution in [2.45, 2.75) is 11.8 Å². The standard InChI is InChI=1S/C10H11Cl2NO/c1-14-10-5-9-6(4-8(10)12)7(11)2-3-13-9/h4-5,7,13H,2-3H2,1H3. The third kappa shape index (κ3) is 1.64. The fourth-order valence-electron chi connectivity index (χ4n) is 1.63. The summed E-state index contributed by atoms with van der Waals surface area (Å²) in [5.74, 6) is 0.684. The second-order valence-electron chi connectivity index (χ2n) is 3.26. The molecule has 1 N–H and O–H groups in total. The molecule has 0 spiro atoms. The molecule has 1 unspecified atom stereocenters. The van der Waals surface area contributed by atoms with Gasteiger partial charge in [-0.25, -0.2) is 0 Å². The molecule has 14 heavy (non-hydrogen) atoms. The maximum absolute atomic E-state index is 6.18. The second kappa shape index (κ2) is 3.87. The van der Waals surface area contributed by atoms with Crippen molar-refractivity contribution >= 4 is 28.9 Å². The Kier molecular flexibility index (Phi) is 2.75. The van der Waals surface area contributed by atoms with Crippen molar-refractivity contribution in [3.8, 4) is 5.75 Å². The van der Waals surface area contributed by atoms with E-state index < -0.39 is 0 Å². The predicted octanol–water partition coefficient (Wildman–Crippen LogP) is 3.44. The largest absolute Gasteiger partial charge is 0.495 e. The SMILES string of the molecule is COc1cc2c(cc1Cl)C(Cl)CCN2. The van der Waals surface area contributed by atoms with Gasteiger partial charge in [0.25, 0.3) is 0 Å². The van der Waals surface area contributed by atoms with Crippen LogP contribution in [0.25, 0.3) is 0 Å². The summed E-state index contributed by atoms with van der Waals surface area (Å²) < 4.78 is 5.13. The summed E-state index contributed by atoms with van der Waals surface area (Å²) in [5, 5.41) is 3.93. The number of methoxy groups -OCH3 is 1. The van der Waals surface area contributed by atoms with Crippen LogP contribution in [-0.2, 0) is 0 Å². The number of hydrogen-bond donors (Lipinski definition) is 1. The van der Waals surface area contributed by atoms with Crippen molar-refractivity contribution in [2.75, 3.05) is 19.0 Å². The van der Waals surface area contributed by atoms with Gasteiger partial charge in [0.1, 0.15) is 5.75 Å². The fraction of sp³-hybridized carbons (Fsp3) is 0.400. The first-order valence-electron chi connectivity index (χ1n) is 4.47. The van der Waals surface area contributed by atoms with E-state index in [0.29, 0.717) is 10.8 Å². The van der Waals surface area contributed by atoms with Gasteiger partial charge in [0, 0.05) is 18.3 Å². The minimum Gasteiger partial charge on any atom is -0.495 e. The lowest BCUT2D eigenvalue weighted by Crippen LogP contribution is -2.13. The van der Waals surface area contributed by atoms with Crippen molar-refractivity contribution in [1.29, 1.82) is 0 Å². The summed E-state index contributed by atoms with van der Waals surface area (Å²) in [6, 6.07) is 3.77. The highest BCUT2D eigenvalue weighted by Gasteiger charge is 2.19. The molecule has 0 aliphatic carbocycles. The Balaban J connectivity index is 2.48. The molecule has 76 valence electrons. The Morgan fingerprint density at radius 2 is 2.29 bits per heavy atom. The quantitative estimate of drug-likeness (QED) is 0.749. The Morgan fingerprint density at radius 1 is 1.50 bits per heavy atom. The molecule has 1 aromatic carbocycles. The molecule has 0 bridgehead atoms. The molecule has 0 fully saturated rings. The van der Waals surface area contributed by atoms with E-state index in [-0.39, 0.29) is 5.38 Å². The molecule has 1 heterocycles. The summed E-state index contributed by atoms with van der Waals surface area (Å²) in [7, 11) is 1.61. The average Bonchev–Trinajstić information content (AvgIpc) is 2.19. The molecular weight excluding hydrogens is 221 g/mol. The van der Waals surface area contributed by atoms with E-state index in [4.69, 9.17) is 27.9 Å². The van der Waals surface area contributed by atoms with Crippen LogP contribution in [0.15, 0.2) is 12.1 Å². The van der Waals surface area contributed by atoms with Crippen LogP contribution in [0.2, 0.25) is 5.02 Å². The van der Waals surface area contributed by atoms with E-state index in [1.807, 2.05) is 12.1 Å². The van der Waals surface area contributed by atoms with Crippen LogP contribution in [0, 0.1) is 0 Å². The summed E-state index contributed by atoms with van der Waals surface area (Å²) in [6.45, 7) is 0.895. The normalized spacial score (nSPS) is 19.8. The number of halogens is 2. The number of fused-ring (bicyclic) bond motifs is 1. The maximum atomic E-state index is 6.18. The lowest BCUT2D eigenvalue weighted by Gasteiger charge is -2.23. The van der Waals surface area contributed by atoms with E-state index in [1.165, 1.54) is 0 Å². The van der Waals surface area contributed by atoms with E-state index in [0.717, 1.165) is 24.2 Å². The van der Waals surface area contributed by atoms with Crippen LogP contribution in [0.4, 0.5) is 5.69 Å². The molecule has 1 aromatic rings. The summed E-state index contributed by atoms with van der Waals surface area (Å²) in [4.78, 5) is 0. The first-order valence-corrected chi connectivity index (χ1v) is 5.29. The summed E-state index contributed by atoms with van der Waals surface area (Å²) >= 11 is 12.2. The highest BCUT2D eigenvalue weighted by molar-refractivity contribution is 6.32. The van der Waals surface area contributed by atoms with Gasteiger partial charge in [-0.05, 0) is 18.1 Å². The summed E-state index contributed by atoms with van der Waals surface area (Å²) in [6.07, 6.45) is 0.928. The zero-order valence-electron chi connectivity index (χ0n) is 7.81. The fourth-order valence-corrected chi connectivity index (χ4v) is 2.17. The van der Waals surface area contributed by atoms with Crippen molar-refractivity contribution in [3.63, 3.8) is 0 Å². The minimum atomic E-state index is 0.0506. The molecule has 2 nitrogen and oxygen atoms in total.